The lowest BCUT2D eigenvalue weighted by Gasteiger charge is -2.55. The van der Waals surface area contributed by atoms with Gasteiger partial charge in [-0.1, -0.05) is 63.4 Å². The zero-order valence-corrected chi connectivity index (χ0v) is 27.9. The van der Waals surface area contributed by atoms with Crippen LogP contribution in [0.25, 0.3) is 0 Å². The lowest BCUT2D eigenvalue weighted by molar-refractivity contribution is -0.138. The van der Waals surface area contributed by atoms with Crippen LogP contribution in [0.3, 0.4) is 0 Å². The summed E-state index contributed by atoms with van der Waals surface area (Å²) in [6.45, 7) is 14.1. The Bertz CT molecular complexity index is 1450. The van der Waals surface area contributed by atoms with Crippen LogP contribution in [0.5, 0.6) is 5.75 Å². The molecule has 43 heavy (non-hydrogen) atoms. The Labute approximate surface area is 260 Å². The maximum Gasteiger partial charge on any atom is 0.384 e. The molecule has 0 spiro atoms. The van der Waals surface area contributed by atoms with E-state index in [-0.39, 0.29) is 16.4 Å². The molecule has 0 heterocycles. The van der Waals surface area contributed by atoms with Crippen molar-refractivity contribution in [3.05, 3.63) is 41.5 Å². The van der Waals surface area contributed by atoms with E-state index in [0.717, 1.165) is 51.4 Å². The predicted octanol–water partition coefficient (Wildman–Crippen LogP) is 7.92. The van der Waals surface area contributed by atoms with Crippen molar-refractivity contribution in [1.82, 2.24) is 0 Å². The summed E-state index contributed by atoms with van der Waals surface area (Å²) in [6, 6.07) is 5.97. The molecule has 1 unspecified atom stereocenters. The molecule has 2 saturated carbocycles. The number of allylic oxidation sites excluding steroid dienone is 2. The Morgan fingerprint density at radius 2 is 1.86 bits per heavy atom. The zero-order valence-electron chi connectivity index (χ0n) is 26.9. The van der Waals surface area contributed by atoms with Crippen LogP contribution in [-0.2, 0) is 20.4 Å². The lowest BCUT2D eigenvalue weighted by Crippen LogP contribution is -2.57. The van der Waals surface area contributed by atoms with Gasteiger partial charge < -0.3 is 14.3 Å². The Morgan fingerprint density at radius 3 is 2.63 bits per heavy atom. The molecule has 228 valence electrons. The largest absolute Gasteiger partial charge is 0.508 e. The zero-order chi connectivity index (χ0) is 30.9. The molecule has 5 heteroatoms. The molecule has 0 saturated heterocycles. The summed E-state index contributed by atoms with van der Waals surface area (Å²) in [5.74, 6) is 20.3. The minimum atomic E-state index is -2.23. The van der Waals surface area contributed by atoms with Crippen molar-refractivity contribution in [2.24, 2.45) is 23.2 Å². The highest BCUT2D eigenvalue weighted by Crippen LogP contribution is 2.66. The summed E-state index contributed by atoms with van der Waals surface area (Å²) in [4.78, 5) is 13.1. The molecule has 0 aromatic heterocycles. The Morgan fingerprint density at radius 1 is 1.09 bits per heavy atom. The second-order valence-corrected chi connectivity index (χ2v) is 19.6. The van der Waals surface area contributed by atoms with E-state index in [1.165, 1.54) is 11.1 Å². The molecule has 0 bridgehead atoms. The summed E-state index contributed by atoms with van der Waals surface area (Å²) in [5.41, 5.74) is 1.90. The van der Waals surface area contributed by atoms with E-state index in [0.29, 0.717) is 36.5 Å². The van der Waals surface area contributed by atoms with E-state index in [2.05, 4.69) is 82.4 Å². The fourth-order valence-electron chi connectivity index (χ4n) is 7.93. The fourth-order valence-corrected chi connectivity index (χ4v) is 9.50. The number of carbonyl (C=O) groups excluding carboxylic acids is 1. The van der Waals surface area contributed by atoms with Crippen LogP contribution in [0.4, 0.5) is 0 Å². The molecular formula is C38H48O4Si. The molecule has 1 aromatic carbocycles. The number of rotatable bonds is 4. The van der Waals surface area contributed by atoms with Gasteiger partial charge in [0.15, 0.2) is 8.32 Å². The van der Waals surface area contributed by atoms with Crippen molar-refractivity contribution >= 4 is 14.3 Å². The third-order valence-corrected chi connectivity index (χ3v) is 15.9. The summed E-state index contributed by atoms with van der Waals surface area (Å²) in [6.07, 6.45) is 11.9. The van der Waals surface area contributed by atoms with Gasteiger partial charge in [0.05, 0.1) is 6.61 Å². The van der Waals surface area contributed by atoms with E-state index < -0.39 is 19.9 Å². The fraction of sp³-hybridized carbons (Fsp3) is 0.605. The quantitative estimate of drug-likeness (QED) is 0.166. The van der Waals surface area contributed by atoms with Crippen LogP contribution in [0.2, 0.25) is 18.1 Å². The molecule has 0 radical (unpaired) electrons. The van der Waals surface area contributed by atoms with E-state index >= 15 is 0 Å². The summed E-state index contributed by atoms with van der Waals surface area (Å²) < 4.78 is 13.1. The maximum atomic E-state index is 13.1. The Kier molecular flexibility index (Phi) is 8.96. The highest BCUT2D eigenvalue weighted by molar-refractivity contribution is 6.74. The average Bonchev–Trinajstić information content (AvgIpc) is 3.24. The molecular weight excluding hydrogens is 549 g/mol. The van der Waals surface area contributed by atoms with Crippen LogP contribution in [0, 0.1) is 58.7 Å². The van der Waals surface area contributed by atoms with Crippen molar-refractivity contribution in [2.75, 3.05) is 6.61 Å². The summed E-state index contributed by atoms with van der Waals surface area (Å²) in [7, 11) is -2.23. The van der Waals surface area contributed by atoms with Gasteiger partial charge in [0, 0.05) is 30.1 Å². The van der Waals surface area contributed by atoms with Gasteiger partial charge in [-0.2, -0.15) is 0 Å². The van der Waals surface area contributed by atoms with Crippen LogP contribution in [0.15, 0.2) is 30.4 Å². The molecule has 0 aliphatic heterocycles. The molecule has 0 amide bonds. The SMILES string of the molecule is CC(C)(C)[Si](C)(C)O[C@@]1(C#CC(=O)OCC2CC#C/C=C\C#CCC2)CC[C@H]2[C@@H]3CCc4cc(O)ccc4[C@H]3CC[C@@]21C. The number of hydrogen-bond acceptors (Lipinski definition) is 4. The molecule has 1 aromatic rings. The molecule has 4 aliphatic rings. The third-order valence-electron chi connectivity index (χ3n) is 11.4. The van der Waals surface area contributed by atoms with Gasteiger partial charge in [0.25, 0.3) is 0 Å². The van der Waals surface area contributed by atoms with Crippen LogP contribution in [-0.4, -0.2) is 31.6 Å². The number of aryl methyl sites for hydroxylation is 1. The van der Waals surface area contributed by atoms with Gasteiger partial charge in [-0.15, -0.1) is 0 Å². The van der Waals surface area contributed by atoms with Gasteiger partial charge in [0.2, 0.25) is 0 Å². The van der Waals surface area contributed by atoms with Gasteiger partial charge in [-0.05, 0) is 116 Å². The first-order valence-electron chi connectivity index (χ1n) is 16.2. The molecule has 5 rings (SSSR count). The number of esters is 1. The molecule has 2 fully saturated rings. The maximum absolute atomic E-state index is 13.1. The van der Waals surface area contributed by atoms with Crippen LogP contribution in [0.1, 0.15) is 96.1 Å². The van der Waals surface area contributed by atoms with E-state index in [4.69, 9.17) is 9.16 Å². The molecule has 4 nitrogen and oxygen atoms in total. The number of ether oxygens (including phenoxy) is 1. The van der Waals surface area contributed by atoms with Crippen molar-refractivity contribution in [1.29, 1.82) is 0 Å². The first-order chi connectivity index (χ1) is 20.4. The number of phenolic OH excluding ortho intramolecular Hbond substituents is 1. The van der Waals surface area contributed by atoms with Crippen LogP contribution >= 0.6 is 0 Å². The number of fused-ring (bicyclic) bond motifs is 5. The number of carbonyl (C=O) groups is 1. The smallest absolute Gasteiger partial charge is 0.384 e. The number of hydrogen-bond donors (Lipinski definition) is 1. The van der Waals surface area contributed by atoms with Gasteiger partial charge in [-0.3, -0.25) is 0 Å². The second kappa shape index (κ2) is 12.2. The Balaban J connectivity index is 1.40. The third kappa shape index (κ3) is 6.34. The number of benzene rings is 1. The van der Waals surface area contributed by atoms with Crippen LogP contribution < -0.4 is 0 Å². The lowest BCUT2D eigenvalue weighted by atomic mass is 9.53. The van der Waals surface area contributed by atoms with Gasteiger partial charge in [0.1, 0.15) is 11.4 Å². The highest BCUT2D eigenvalue weighted by Gasteiger charge is 2.64. The first kappa shape index (κ1) is 31.5. The van der Waals surface area contributed by atoms with Gasteiger partial charge >= 0.3 is 5.97 Å². The van der Waals surface area contributed by atoms with Crippen molar-refractivity contribution < 1.29 is 19.1 Å². The standard InChI is InChI=1S/C38H48O4Si/c1-36(2,3)43(5,6)42-38(25-22-35(40)41-27-28-14-12-10-8-7-9-11-13-15-28)24-21-34-33-18-16-29-26-30(39)17-19-31(29)32(33)20-23-37(34,38)4/h7-8,17,19,26,28,32-34,39H,13-16,18,20-21,23-24,27H2,1-6H3/b8-7-/t28?,32-,33-,34+,37+,38-/m1/s1. The molecule has 4 aliphatic carbocycles. The van der Waals surface area contributed by atoms with E-state index in [1.54, 1.807) is 12.2 Å². The van der Waals surface area contributed by atoms with Gasteiger partial charge in [-0.25, -0.2) is 4.79 Å². The average molecular weight is 597 g/mol. The molecule has 6 atom stereocenters. The minimum absolute atomic E-state index is 0.0224. The van der Waals surface area contributed by atoms with Crippen molar-refractivity contribution in [2.45, 2.75) is 115 Å². The normalized spacial score (nSPS) is 32.1. The van der Waals surface area contributed by atoms with E-state index in [9.17, 15) is 9.90 Å². The van der Waals surface area contributed by atoms with Crippen molar-refractivity contribution in [3.8, 4) is 41.3 Å². The Hall–Kier alpha value is -2.91. The highest BCUT2D eigenvalue weighted by atomic mass is 28.4. The minimum Gasteiger partial charge on any atom is -0.508 e. The summed E-state index contributed by atoms with van der Waals surface area (Å²) in [5, 5.41) is 10.1. The predicted molar refractivity (Wildman–Crippen MR) is 175 cm³/mol. The first-order valence-corrected chi connectivity index (χ1v) is 19.1. The number of phenols is 1. The summed E-state index contributed by atoms with van der Waals surface area (Å²) >= 11 is 0. The molecule has 1 N–H and O–H groups in total. The number of aromatic hydroxyl groups is 1. The van der Waals surface area contributed by atoms with E-state index in [1.807, 2.05) is 12.1 Å². The monoisotopic (exact) mass is 596 g/mol. The topological polar surface area (TPSA) is 55.8 Å². The van der Waals surface area contributed by atoms with Crippen molar-refractivity contribution in [3.63, 3.8) is 0 Å². The second-order valence-electron chi connectivity index (χ2n) is 14.9.